The maximum Gasteiger partial charge on any atom is 0.205 e. The Balaban J connectivity index is 1.76. The molecule has 2 aromatic heterocycles. The Bertz CT molecular complexity index is 1170. The minimum atomic E-state index is 0.694. The number of benzene rings is 1. The number of anilines is 1. The van der Waals surface area contributed by atoms with Crippen LogP contribution in [0.3, 0.4) is 0 Å². The van der Waals surface area contributed by atoms with Gasteiger partial charge in [-0.15, -0.1) is 10.2 Å². The molecule has 32 heavy (non-hydrogen) atoms. The van der Waals surface area contributed by atoms with Gasteiger partial charge in [-0.1, -0.05) is 37.1 Å². The lowest BCUT2D eigenvalue weighted by Crippen LogP contribution is -2.23. The molecule has 4 rings (SSSR count). The Hall–Kier alpha value is -3.35. The third-order valence-electron chi connectivity index (χ3n) is 5.75. The van der Waals surface area contributed by atoms with Crippen LogP contribution in [0, 0.1) is 13.8 Å². The van der Waals surface area contributed by atoms with Gasteiger partial charge in [-0.05, 0) is 58.7 Å². The van der Waals surface area contributed by atoms with Crippen molar-refractivity contribution in [3.8, 4) is 11.4 Å². The molecule has 0 radical (unpaired) electrons. The van der Waals surface area contributed by atoms with Crippen molar-refractivity contribution < 1.29 is 0 Å². The number of aryl methyl sites for hydroxylation is 2. The maximum atomic E-state index is 4.99. The fourth-order valence-corrected chi connectivity index (χ4v) is 3.91. The van der Waals surface area contributed by atoms with E-state index in [2.05, 4.69) is 54.9 Å². The molecule has 3 aromatic rings. The number of nitrogens with zero attached hydrogens (tertiary/aromatic N) is 7. The van der Waals surface area contributed by atoms with Gasteiger partial charge in [0.2, 0.25) is 5.82 Å². The summed E-state index contributed by atoms with van der Waals surface area (Å²) in [7, 11) is 0. The molecule has 0 unspecified atom stereocenters. The Morgan fingerprint density at radius 2 is 1.75 bits per heavy atom. The molecule has 166 valence electrons. The van der Waals surface area contributed by atoms with Crippen molar-refractivity contribution in [1.82, 2.24) is 19.9 Å². The molecule has 7 heteroatoms. The predicted molar refractivity (Wildman–Crippen MR) is 131 cm³/mol. The topological polar surface area (TPSA) is 71.6 Å². The molecule has 0 bridgehead atoms. The highest BCUT2D eigenvalue weighted by molar-refractivity contribution is 6.49. The molecule has 1 aromatic carbocycles. The largest absolute Gasteiger partial charge is 0.357 e. The van der Waals surface area contributed by atoms with Crippen LogP contribution in [0.15, 0.2) is 46.5 Å². The number of rotatable bonds is 8. The summed E-state index contributed by atoms with van der Waals surface area (Å²) in [4.78, 5) is 12.0. The summed E-state index contributed by atoms with van der Waals surface area (Å²) in [5, 5.41) is 13.8. The van der Waals surface area contributed by atoms with Crippen LogP contribution in [0.1, 0.15) is 57.1 Å². The Kier molecular flexibility index (Phi) is 6.44. The van der Waals surface area contributed by atoms with Gasteiger partial charge in [-0.3, -0.25) is 0 Å². The van der Waals surface area contributed by atoms with Gasteiger partial charge in [0.05, 0.1) is 17.1 Å². The Morgan fingerprint density at radius 3 is 2.44 bits per heavy atom. The van der Waals surface area contributed by atoms with E-state index < -0.39 is 0 Å². The quantitative estimate of drug-likeness (QED) is 0.485. The average molecular weight is 430 g/mol. The van der Waals surface area contributed by atoms with Gasteiger partial charge in [0, 0.05) is 18.7 Å². The van der Waals surface area contributed by atoms with E-state index in [1.807, 2.05) is 35.9 Å². The van der Waals surface area contributed by atoms with Crippen molar-refractivity contribution in [1.29, 1.82) is 0 Å². The first-order valence-electron chi connectivity index (χ1n) is 11.5. The molecule has 0 aliphatic carbocycles. The van der Waals surface area contributed by atoms with E-state index >= 15 is 0 Å². The first kappa shape index (κ1) is 21.9. The van der Waals surface area contributed by atoms with Gasteiger partial charge < -0.3 is 4.90 Å². The summed E-state index contributed by atoms with van der Waals surface area (Å²) in [6.45, 7) is 12.4. The highest BCUT2D eigenvalue weighted by atomic mass is 15.5. The molecule has 7 nitrogen and oxygen atoms in total. The smallest absolute Gasteiger partial charge is 0.205 e. The number of aromatic nitrogens is 4. The van der Waals surface area contributed by atoms with E-state index in [4.69, 9.17) is 15.1 Å². The summed E-state index contributed by atoms with van der Waals surface area (Å²) >= 11 is 0. The average Bonchev–Trinajstić information content (AvgIpc) is 3.34. The molecule has 0 saturated heterocycles. The second-order valence-electron chi connectivity index (χ2n) is 8.09. The van der Waals surface area contributed by atoms with Gasteiger partial charge in [0.15, 0.2) is 5.82 Å². The van der Waals surface area contributed by atoms with E-state index in [0.29, 0.717) is 5.82 Å². The van der Waals surface area contributed by atoms with Gasteiger partial charge >= 0.3 is 0 Å². The van der Waals surface area contributed by atoms with Crippen molar-refractivity contribution >= 4 is 22.9 Å². The fourth-order valence-electron chi connectivity index (χ4n) is 3.91. The zero-order valence-corrected chi connectivity index (χ0v) is 19.6. The number of hydrogen-bond donors (Lipinski definition) is 0. The van der Waals surface area contributed by atoms with Gasteiger partial charge in [0.25, 0.3) is 0 Å². The second kappa shape index (κ2) is 9.42. The summed E-state index contributed by atoms with van der Waals surface area (Å²) in [5.41, 5.74) is 5.67. The van der Waals surface area contributed by atoms with Crippen molar-refractivity contribution in [2.45, 2.75) is 53.9 Å². The molecule has 0 fully saturated rings. The molecular formula is C25H31N7. The van der Waals surface area contributed by atoms with Crippen LogP contribution < -0.4 is 4.90 Å². The van der Waals surface area contributed by atoms with Crippen molar-refractivity contribution in [3.63, 3.8) is 0 Å². The molecule has 0 saturated carbocycles. The maximum absolute atomic E-state index is 4.99. The van der Waals surface area contributed by atoms with Crippen LogP contribution in [0.5, 0.6) is 0 Å². The normalized spacial score (nSPS) is 14.0. The Morgan fingerprint density at radius 1 is 0.969 bits per heavy atom. The first-order valence-corrected chi connectivity index (χ1v) is 11.5. The van der Waals surface area contributed by atoms with Crippen LogP contribution >= 0.6 is 0 Å². The standard InChI is InChI=1S/C25H31N7/c1-6-9-13-21-23(27-20-14-15-22(26-18(20)5)31(7-2)8-3)25-29-28-24(32(25)30-21)19-12-10-11-17(4)16-19/h10-12,14-16H,6-9,13H2,1-5H3. The zero-order valence-electron chi connectivity index (χ0n) is 19.6. The second-order valence-corrected chi connectivity index (χ2v) is 8.09. The summed E-state index contributed by atoms with van der Waals surface area (Å²) in [5.74, 6) is 2.42. The zero-order chi connectivity index (χ0) is 22.7. The summed E-state index contributed by atoms with van der Waals surface area (Å²) in [6, 6.07) is 12.3. The molecular weight excluding hydrogens is 398 g/mol. The van der Waals surface area contributed by atoms with Crippen LogP contribution in [0.4, 0.5) is 11.5 Å². The van der Waals surface area contributed by atoms with Crippen molar-refractivity contribution in [2.24, 2.45) is 10.1 Å². The SMILES string of the molecule is CCCCC1=Nn2c(nnc2-c2cccc(C)c2)C1=Nc1ccc(N(CC)CC)nc1C. The minimum Gasteiger partial charge on any atom is -0.357 e. The molecule has 0 spiro atoms. The molecule has 0 atom stereocenters. The van der Waals surface area contributed by atoms with E-state index in [9.17, 15) is 0 Å². The number of unbranched alkanes of at least 4 members (excludes halogenated alkanes) is 1. The lowest BCUT2D eigenvalue weighted by atomic mass is 10.1. The van der Waals surface area contributed by atoms with Crippen LogP contribution in [0.25, 0.3) is 11.4 Å². The number of fused-ring (bicyclic) bond motifs is 1. The third-order valence-corrected chi connectivity index (χ3v) is 5.75. The van der Waals surface area contributed by atoms with Gasteiger partial charge in [-0.25, -0.2) is 9.98 Å². The van der Waals surface area contributed by atoms with Crippen molar-refractivity contribution in [2.75, 3.05) is 18.0 Å². The molecule has 1 aliphatic rings. The summed E-state index contributed by atoms with van der Waals surface area (Å²) in [6.07, 6.45) is 3.00. The number of pyridine rings is 1. The number of hydrogen-bond acceptors (Lipinski definition) is 6. The molecule has 0 N–H and O–H groups in total. The van der Waals surface area contributed by atoms with Crippen LogP contribution in [0.2, 0.25) is 0 Å². The predicted octanol–water partition coefficient (Wildman–Crippen LogP) is 5.33. The summed E-state index contributed by atoms with van der Waals surface area (Å²) < 4.78 is 1.84. The third kappa shape index (κ3) is 4.20. The lowest BCUT2D eigenvalue weighted by Gasteiger charge is -2.20. The van der Waals surface area contributed by atoms with E-state index in [0.717, 1.165) is 72.4 Å². The number of aliphatic imine (C=N–C) groups is 1. The van der Waals surface area contributed by atoms with E-state index in [-0.39, 0.29) is 0 Å². The van der Waals surface area contributed by atoms with Gasteiger partial charge in [0.1, 0.15) is 11.5 Å². The first-order chi connectivity index (χ1) is 15.5. The molecule has 3 heterocycles. The highest BCUT2D eigenvalue weighted by Crippen LogP contribution is 2.27. The van der Waals surface area contributed by atoms with Crippen molar-refractivity contribution in [3.05, 3.63) is 53.5 Å². The molecule has 1 aliphatic heterocycles. The monoisotopic (exact) mass is 429 g/mol. The van der Waals surface area contributed by atoms with E-state index in [1.165, 1.54) is 5.56 Å². The minimum absolute atomic E-state index is 0.694. The van der Waals surface area contributed by atoms with E-state index in [1.54, 1.807) is 0 Å². The fraction of sp³-hybridized carbons (Fsp3) is 0.400. The molecule has 0 amide bonds. The Labute approximate surface area is 189 Å². The lowest BCUT2D eigenvalue weighted by molar-refractivity contribution is 0.826. The van der Waals surface area contributed by atoms with Crippen LogP contribution in [-0.2, 0) is 0 Å². The highest BCUT2D eigenvalue weighted by Gasteiger charge is 2.28. The van der Waals surface area contributed by atoms with Crippen LogP contribution in [-0.4, -0.2) is 44.4 Å². The van der Waals surface area contributed by atoms with Gasteiger partial charge in [-0.2, -0.15) is 9.78 Å².